The van der Waals surface area contributed by atoms with Crippen molar-refractivity contribution >= 4 is 32.3 Å². The summed E-state index contributed by atoms with van der Waals surface area (Å²) < 4.78 is 562. The molecule has 2 rings (SSSR count). The van der Waals surface area contributed by atoms with Gasteiger partial charge in [-0.2, -0.15) is 171 Å². The van der Waals surface area contributed by atoms with E-state index in [-0.39, 0.29) is 6.92 Å². The molecule has 1 atom stereocenters. The van der Waals surface area contributed by atoms with Crippen molar-refractivity contribution in [2.24, 2.45) is 0 Å². The summed E-state index contributed by atoms with van der Waals surface area (Å²) in [5.74, 6) is -128. The predicted octanol–water partition coefficient (Wildman–Crippen LogP) is 17.5. The molecule has 1 aliphatic rings. The van der Waals surface area contributed by atoms with E-state index >= 15 is 52.7 Å². The van der Waals surface area contributed by atoms with E-state index in [1.807, 2.05) is 0 Å². The molecular weight excluding hydrogens is 1280 g/mol. The summed E-state index contributed by atoms with van der Waals surface area (Å²) in [4.78, 5) is 0. The zero-order valence-corrected chi connectivity index (χ0v) is 40.0. The van der Waals surface area contributed by atoms with E-state index in [0.717, 1.165) is 24.3 Å². The second kappa shape index (κ2) is 20.3. The van der Waals surface area contributed by atoms with Gasteiger partial charge < -0.3 is 9.31 Å². The van der Waals surface area contributed by atoms with Gasteiger partial charge in [-0.15, -0.1) is 0 Å². The lowest BCUT2D eigenvalue weighted by Crippen LogP contribution is -2.70. The summed E-state index contributed by atoms with van der Waals surface area (Å²) in [6.07, 6.45) is -36.8. The van der Waals surface area contributed by atoms with Crippen LogP contribution in [0, 0.1) is 0 Å². The fourth-order valence-corrected chi connectivity index (χ4v) is 13.3. The largest absolute Gasteiger partial charge is 0.494 e. The SMILES string of the molecule is CC1(C)OB(c2cccc(Cl)c2)OC1(C)C[Si](CCC(F)(F)C(F)(F)C(F)(F)C(F)(F)C(F)(F)C(F)(F)F)(CCC(F)(F)C(F)(F)C(F)(F)C(F)(F)C(F)(F)C(F)(F)F)CCC(F)(F)C(F)(F)C(F)(F)C(F)(F)C(F)(F)C(F)(F)F. The van der Waals surface area contributed by atoms with Gasteiger partial charge in [-0.05, 0) is 44.4 Å². The van der Waals surface area contributed by atoms with E-state index in [9.17, 15) is 119 Å². The zero-order valence-electron chi connectivity index (χ0n) is 38.3. The second-order valence-corrected chi connectivity index (χ2v) is 23.8. The Bertz CT molecular complexity index is 2150. The minimum atomic E-state index is -8.93. The lowest BCUT2D eigenvalue weighted by atomic mass is 9.79. The lowest BCUT2D eigenvalue weighted by molar-refractivity contribution is -0.440. The molecular formula is C36H27BClF39O2Si. The van der Waals surface area contributed by atoms with Crippen LogP contribution < -0.4 is 5.46 Å². The molecule has 80 heavy (non-hydrogen) atoms. The van der Waals surface area contributed by atoms with Crippen LogP contribution in [0.2, 0.25) is 29.2 Å². The lowest BCUT2D eigenvalue weighted by Gasteiger charge is -2.47. The molecule has 1 fully saturated rings. The molecule has 0 spiro atoms. The van der Waals surface area contributed by atoms with Crippen LogP contribution in [0.5, 0.6) is 0 Å². The Labute approximate surface area is 425 Å². The van der Waals surface area contributed by atoms with E-state index < -0.39 is 188 Å². The fourth-order valence-electron chi connectivity index (χ4n) is 7.34. The summed E-state index contributed by atoms with van der Waals surface area (Å²) in [7, 11) is -9.52. The standard InChI is InChI=1S/C36H27BClF39O2Si/c1-17(2)18(3,79-37(78-17)15-5-4-6-16(38)13-15)14-80(10-7-19(39,40)22(45,46)25(51,52)28(57,58)31(63,64)34(69,70)71,11-8-20(41,42)23(47,48)26(53,54)29(59,60)32(65,66)35(72,73)74)12-9-21(43,44)24(49,50)27(55,56)30(61,62)33(67,68)36(75,76)77/h4-6,13H,7-12,14H2,1-3H3. The molecule has 0 radical (unpaired) electrons. The maximum Gasteiger partial charge on any atom is 0.494 e. The van der Waals surface area contributed by atoms with E-state index in [0.29, 0.717) is 13.8 Å². The van der Waals surface area contributed by atoms with Crippen molar-refractivity contribution in [2.75, 3.05) is 0 Å². The monoisotopic (exact) mass is 1310 g/mol. The van der Waals surface area contributed by atoms with Crippen LogP contribution in [-0.4, -0.2) is 134 Å². The topological polar surface area (TPSA) is 18.5 Å². The van der Waals surface area contributed by atoms with Gasteiger partial charge in [0.1, 0.15) is 0 Å². The van der Waals surface area contributed by atoms with Crippen LogP contribution in [0.25, 0.3) is 0 Å². The Morgan fingerprint density at radius 1 is 0.375 bits per heavy atom. The van der Waals surface area contributed by atoms with Gasteiger partial charge >= 0.3 is 114 Å². The van der Waals surface area contributed by atoms with Gasteiger partial charge in [-0.25, -0.2) is 0 Å². The number of hydrogen-bond donors (Lipinski definition) is 0. The number of alkyl halides is 39. The molecule has 0 aliphatic carbocycles. The fraction of sp³-hybridized carbons (Fsp3) is 0.833. The summed E-state index contributed by atoms with van der Waals surface area (Å²) in [6, 6.07) is -9.09. The number of halogens is 40. The molecule has 0 saturated carbocycles. The molecule has 470 valence electrons. The van der Waals surface area contributed by atoms with E-state index in [2.05, 4.69) is 0 Å². The van der Waals surface area contributed by atoms with Crippen LogP contribution in [0.4, 0.5) is 171 Å². The highest BCUT2D eigenvalue weighted by atomic mass is 35.5. The molecule has 1 saturated heterocycles. The van der Waals surface area contributed by atoms with Crippen molar-refractivity contribution < 1.29 is 181 Å². The molecule has 1 aliphatic heterocycles. The summed E-state index contributed by atoms with van der Waals surface area (Å²) >= 11 is 5.76. The average molecular weight is 1310 g/mol. The van der Waals surface area contributed by atoms with Gasteiger partial charge in [-0.1, -0.05) is 41.9 Å². The normalized spacial score (nSPS) is 19.6. The van der Waals surface area contributed by atoms with Gasteiger partial charge in [0.15, 0.2) is 0 Å². The summed E-state index contributed by atoms with van der Waals surface area (Å²) in [5, 5.41) is -0.416. The van der Waals surface area contributed by atoms with Crippen LogP contribution in [0.3, 0.4) is 0 Å². The van der Waals surface area contributed by atoms with Crippen LogP contribution >= 0.6 is 11.6 Å². The van der Waals surface area contributed by atoms with Crippen molar-refractivity contribution in [3.05, 3.63) is 29.3 Å². The van der Waals surface area contributed by atoms with E-state index in [1.54, 1.807) is 0 Å². The highest BCUT2D eigenvalue weighted by Gasteiger charge is 2.93. The van der Waals surface area contributed by atoms with Gasteiger partial charge in [0, 0.05) is 24.3 Å². The summed E-state index contributed by atoms with van der Waals surface area (Å²) in [5.41, 5.74) is -6.64. The summed E-state index contributed by atoms with van der Waals surface area (Å²) in [6.45, 7) is 1.18. The first kappa shape index (κ1) is 73.1. The number of hydrogen-bond acceptors (Lipinski definition) is 2. The van der Waals surface area contributed by atoms with Gasteiger partial charge in [0.2, 0.25) is 0 Å². The molecule has 0 amide bonds. The van der Waals surface area contributed by atoms with Crippen LogP contribution in [0.15, 0.2) is 24.3 Å². The first-order valence-electron chi connectivity index (χ1n) is 20.4. The quantitative estimate of drug-likeness (QED) is 0.0759. The Balaban J connectivity index is 3.25. The van der Waals surface area contributed by atoms with Crippen molar-refractivity contribution in [1.29, 1.82) is 0 Å². The number of benzene rings is 1. The molecule has 0 N–H and O–H groups in total. The molecule has 1 aromatic carbocycles. The number of rotatable bonds is 24. The first-order valence-corrected chi connectivity index (χ1v) is 23.6. The third-order valence-electron chi connectivity index (χ3n) is 12.8. The molecule has 2 nitrogen and oxygen atoms in total. The third kappa shape index (κ3) is 11.1. The first-order chi connectivity index (χ1) is 34.4. The highest BCUT2D eigenvalue weighted by molar-refractivity contribution is 6.80. The van der Waals surface area contributed by atoms with Crippen molar-refractivity contribution in [3.63, 3.8) is 0 Å². The Morgan fingerprint density at radius 2 is 0.625 bits per heavy atom. The van der Waals surface area contributed by atoms with E-state index in [1.165, 1.54) is 0 Å². The van der Waals surface area contributed by atoms with Crippen molar-refractivity contribution in [2.45, 2.75) is 183 Å². The van der Waals surface area contributed by atoms with E-state index in [4.69, 9.17) is 20.9 Å². The maximum absolute atomic E-state index is 15.5. The van der Waals surface area contributed by atoms with Gasteiger partial charge in [0.05, 0.1) is 19.3 Å². The Morgan fingerprint density at radius 3 is 0.863 bits per heavy atom. The molecule has 0 bridgehead atoms. The van der Waals surface area contributed by atoms with Gasteiger partial charge in [0.25, 0.3) is 0 Å². The average Bonchev–Trinajstić information content (AvgIpc) is 3.48. The Kier molecular flexibility index (Phi) is 18.6. The molecule has 0 aromatic heterocycles. The molecule has 1 aromatic rings. The Hall–Kier alpha value is -3.02. The predicted molar refractivity (Wildman–Crippen MR) is 193 cm³/mol. The second-order valence-electron chi connectivity index (χ2n) is 18.5. The molecule has 44 heteroatoms. The maximum atomic E-state index is 15.5. The van der Waals surface area contributed by atoms with Crippen molar-refractivity contribution in [1.82, 2.24) is 0 Å². The highest BCUT2D eigenvalue weighted by Crippen LogP contribution is 2.66. The zero-order chi connectivity index (χ0) is 64.4. The van der Waals surface area contributed by atoms with Crippen molar-refractivity contribution in [3.8, 4) is 0 Å². The third-order valence-corrected chi connectivity index (χ3v) is 18.4. The van der Waals surface area contributed by atoms with Crippen LogP contribution in [0.1, 0.15) is 40.0 Å². The van der Waals surface area contributed by atoms with Gasteiger partial charge in [-0.3, -0.25) is 0 Å². The smallest absolute Gasteiger partial charge is 0.399 e. The minimum Gasteiger partial charge on any atom is -0.399 e. The molecule has 1 unspecified atom stereocenters. The minimum absolute atomic E-state index is 0.210. The van der Waals surface area contributed by atoms with Crippen LogP contribution in [-0.2, 0) is 9.31 Å². The molecule has 1 heterocycles.